The Labute approximate surface area is 97.9 Å². The Bertz CT molecular complexity index is 320. The van der Waals surface area contributed by atoms with Gasteiger partial charge in [0.15, 0.2) is 0 Å². The molecule has 3 nitrogen and oxygen atoms in total. The molecule has 16 heavy (non-hydrogen) atoms. The van der Waals surface area contributed by atoms with Crippen LogP contribution in [0, 0.1) is 6.92 Å². The molecule has 88 valence electrons. The lowest BCUT2D eigenvalue weighted by molar-refractivity contribution is 0.260. The number of hydrogen-bond acceptors (Lipinski definition) is 3. The van der Waals surface area contributed by atoms with E-state index >= 15 is 0 Å². The van der Waals surface area contributed by atoms with Gasteiger partial charge in [-0.25, -0.2) is 4.98 Å². The quantitative estimate of drug-likeness (QED) is 0.782. The highest BCUT2D eigenvalue weighted by Crippen LogP contribution is 2.32. The first-order valence-electron chi connectivity index (χ1n) is 6.26. The smallest absolute Gasteiger partial charge is 0.129 e. The zero-order valence-electron chi connectivity index (χ0n) is 10.4. The lowest BCUT2D eigenvalue weighted by atomic mass is 9.89. The van der Waals surface area contributed by atoms with E-state index < -0.39 is 0 Å². The van der Waals surface area contributed by atoms with Gasteiger partial charge in [0.25, 0.3) is 0 Å². The molecule has 3 rings (SSSR count). The van der Waals surface area contributed by atoms with E-state index in [2.05, 4.69) is 34.3 Å². The van der Waals surface area contributed by atoms with Gasteiger partial charge in [-0.05, 0) is 25.0 Å². The van der Waals surface area contributed by atoms with E-state index in [0.717, 1.165) is 18.9 Å². The van der Waals surface area contributed by atoms with E-state index in [4.69, 9.17) is 0 Å². The maximum absolute atomic E-state index is 4.48. The highest BCUT2D eigenvalue weighted by Gasteiger charge is 2.41. The van der Waals surface area contributed by atoms with Crippen LogP contribution in [0.4, 0.5) is 5.82 Å². The average molecular weight is 219 g/mol. The summed E-state index contributed by atoms with van der Waals surface area (Å²) < 4.78 is 0. The fourth-order valence-corrected chi connectivity index (χ4v) is 2.47. The highest BCUT2D eigenvalue weighted by molar-refractivity contribution is 5.46. The first-order valence-corrected chi connectivity index (χ1v) is 6.26. The van der Waals surface area contributed by atoms with E-state index in [0.29, 0.717) is 12.1 Å². The van der Waals surface area contributed by atoms with Crippen LogP contribution < -0.4 is 10.2 Å². The number of piperidine rings is 1. The maximum atomic E-state index is 4.48. The molecule has 2 atom stereocenters. The minimum atomic E-state index is 0.684. The number of nitrogens with one attached hydrogen (secondary N) is 1. The van der Waals surface area contributed by atoms with Gasteiger partial charge in [0.2, 0.25) is 0 Å². The molecule has 0 saturated carbocycles. The van der Waals surface area contributed by atoms with Crippen LogP contribution in [-0.2, 0) is 0 Å². The summed E-state index contributed by atoms with van der Waals surface area (Å²) in [6.45, 7) is 8.31. The van der Waals surface area contributed by atoms with E-state index in [9.17, 15) is 0 Å². The van der Waals surface area contributed by atoms with E-state index in [1.54, 1.807) is 0 Å². The second kappa shape index (κ2) is 4.83. The zero-order valence-corrected chi connectivity index (χ0v) is 10.4. The minimum absolute atomic E-state index is 0.684. The lowest BCUT2D eigenvalue weighted by Crippen LogP contribution is -2.68. The van der Waals surface area contributed by atoms with Gasteiger partial charge in [0, 0.05) is 31.4 Å². The second-order valence-electron chi connectivity index (χ2n) is 4.30. The minimum Gasteiger partial charge on any atom is -0.348 e. The van der Waals surface area contributed by atoms with Gasteiger partial charge in [-0.15, -0.1) is 0 Å². The number of anilines is 1. The molecule has 2 bridgehead atoms. The molecule has 2 aliphatic rings. The molecule has 1 N–H and O–H groups in total. The summed E-state index contributed by atoms with van der Waals surface area (Å²) in [5.41, 5.74) is 1.23. The van der Waals surface area contributed by atoms with Crippen LogP contribution >= 0.6 is 0 Å². The van der Waals surface area contributed by atoms with Gasteiger partial charge >= 0.3 is 0 Å². The van der Waals surface area contributed by atoms with Crippen LogP contribution in [0.1, 0.15) is 25.8 Å². The molecule has 0 amide bonds. The summed E-state index contributed by atoms with van der Waals surface area (Å²) in [4.78, 5) is 6.94. The van der Waals surface area contributed by atoms with Crippen molar-refractivity contribution in [3.05, 3.63) is 23.9 Å². The third-order valence-electron chi connectivity index (χ3n) is 3.25. The third kappa shape index (κ3) is 1.92. The van der Waals surface area contributed by atoms with Crippen LogP contribution in [0.3, 0.4) is 0 Å². The molecular weight excluding hydrogens is 198 g/mol. The molecule has 1 aromatic heterocycles. The molecular formula is C13H21N3. The Morgan fingerprint density at radius 3 is 2.44 bits per heavy atom. The molecule has 0 spiro atoms. The molecule has 0 aliphatic carbocycles. The van der Waals surface area contributed by atoms with Gasteiger partial charge in [-0.2, -0.15) is 0 Å². The monoisotopic (exact) mass is 219 g/mol. The van der Waals surface area contributed by atoms with Gasteiger partial charge < -0.3 is 10.2 Å². The van der Waals surface area contributed by atoms with Crippen molar-refractivity contribution in [3.63, 3.8) is 0 Å². The SMILES string of the molecule is CC.Cc1ccc(N2C3CNCC2C3)nc1. The van der Waals surface area contributed by atoms with Crippen LogP contribution in [0.15, 0.2) is 18.3 Å². The van der Waals surface area contributed by atoms with Crippen LogP contribution in [0.25, 0.3) is 0 Å². The Hall–Kier alpha value is -1.09. The molecule has 2 saturated heterocycles. The van der Waals surface area contributed by atoms with Crippen molar-refractivity contribution >= 4 is 5.82 Å². The van der Waals surface area contributed by atoms with Crippen LogP contribution in [-0.4, -0.2) is 30.2 Å². The normalized spacial score (nSPS) is 26.6. The van der Waals surface area contributed by atoms with E-state index in [1.807, 2.05) is 20.0 Å². The number of pyridine rings is 1. The molecule has 3 heterocycles. The van der Waals surface area contributed by atoms with Crippen LogP contribution in [0.2, 0.25) is 0 Å². The molecule has 3 heteroatoms. The Morgan fingerprint density at radius 1 is 1.25 bits per heavy atom. The Balaban J connectivity index is 0.000000457. The summed E-state index contributed by atoms with van der Waals surface area (Å²) in [5, 5.41) is 3.43. The van der Waals surface area contributed by atoms with Crippen LogP contribution in [0.5, 0.6) is 0 Å². The van der Waals surface area contributed by atoms with Crippen molar-refractivity contribution in [2.45, 2.75) is 39.3 Å². The van der Waals surface area contributed by atoms with Gasteiger partial charge in [-0.1, -0.05) is 19.9 Å². The van der Waals surface area contributed by atoms with Crippen molar-refractivity contribution in [1.82, 2.24) is 10.3 Å². The first-order chi connectivity index (χ1) is 7.84. The predicted octanol–water partition coefficient (Wildman–Crippen LogP) is 1.97. The Kier molecular flexibility index (Phi) is 3.44. The summed E-state index contributed by atoms with van der Waals surface area (Å²) >= 11 is 0. The van der Waals surface area contributed by atoms with E-state index in [-0.39, 0.29) is 0 Å². The summed E-state index contributed by atoms with van der Waals surface area (Å²) in [6, 6.07) is 5.65. The molecule has 1 aromatic rings. The van der Waals surface area contributed by atoms with Crippen molar-refractivity contribution in [2.75, 3.05) is 18.0 Å². The van der Waals surface area contributed by atoms with Gasteiger partial charge in [-0.3, -0.25) is 0 Å². The summed E-state index contributed by atoms with van der Waals surface area (Å²) in [5.74, 6) is 1.15. The number of aromatic nitrogens is 1. The summed E-state index contributed by atoms with van der Waals surface area (Å²) in [7, 11) is 0. The van der Waals surface area contributed by atoms with E-state index in [1.165, 1.54) is 12.0 Å². The number of hydrogen-bond donors (Lipinski definition) is 1. The second-order valence-corrected chi connectivity index (χ2v) is 4.30. The molecule has 2 unspecified atom stereocenters. The number of fused-ring (bicyclic) bond motifs is 2. The standard InChI is InChI=1S/C11H15N3.C2H6/c1-8-2-3-11(13-5-8)14-9-4-10(14)7-12-6-9;1-2/h2-3,5,9-10,12H,4,6-7H2,1H3;1-2H3. The van der Waals surface area contributed by atoms with Crippen molar-refractivity contribution in [1.29, 1.82) is 0 Å². The van der Waals surface area contributed by atoms with Crippen molar-refractivity contribution in [3.8, 4) is 0 Å². The molecule has 2 fully saturated rings. The fraction of sp³-hybridized carbons (Fsp3) is 0.615. The largest absolute Gasteiger partial charge is 0.348 e. The number of aryl methyl sites for hydroxylation is 1. The number of nitrogens with zero attached hydrogens (tertiary/aromatic N) is 2. The molecule has 0 aromatic carbocycles. The predicted molar refractivity (Wildman–Crippen MR) is 67.9 cm³/mol. The van der Waals surface area contributed by atoms with Crippen molar-refractivity contribution < 1.29 is 0 Å². The summed E-state index contributed by atoms with van der Waals surface area (Å²) in [6.07, 6.45) is 3.29. The van der Waals surface area contributed by atoms with Gasteiger partial charge in [0.05, 0.1) is 0 Å². The lowest BCUT2D eigenvalue weighted by Gasteiger charge is -2.53. The zero-order chi connectivity index (χ0) is 11.5. The number of rotatable bonds is 1. The van der Waals surface area contributed by atoms with Gasteiger partial charge in [0.1, 0.15) is 5.82 Å². The fourth-order valence-electron chi connectivity index (χ4n) is 2.47. The molecule has 0 radical (unpaired) electrons. The third-order valence-corrected chi connectivity index (χ3v) is 3.25. The first kappa shape index (κ1) is 11.4. The highest BCUT2D eigenvalue weighted by atomic mass is 15.3. The van der Waals surface area contributed by atoms with Crippen molar-refractivity contribution in [2.24, 2.45) is 0 Å². The number of piperazine rings is 1. The topological polar surface area (TPSA) is 28.2 Å². The Morgan fingerprint density at radius 2 is 1.94 bits per heavy atom. The maximum Gasteiger partial charge on any atom is 0.129 e. The average Bonchev–Trinajstić information content (AvgIpc) is 2.35. The molecule has 2 aliphatic heterocycles.